The number of nitrogens with zero attached hydrogens (tertiary/aromatic N) is 7. The van der Waals surface area contributed by atoms with Gasteiger partial charge in [0.2, 0.25) is 11.6 Å². The Bertz CT molecular complexity index is 1940. The molecular formula is C31H26ClN9O2. The average Bonchev–Trinajstić information content (AvgIpc) is 3.50. The van der Waals surface area contributed by atoms with Gasteiger partial charge in [-0.3, -0.25) is 33.7 Å². The maximum absolute atomic E-state index is 11.8. The van der Waals surface area contributed by atoms with Gasteiger partial charge in [-0.05, 0) is 69.9 Å². The number of imidazole rings is 2. The van der Waals surface area contributed by atoms with E-state index in [1.54, 1.807) is 40.7 Å². The number of nitrogens with two attached hydrogens (primary N) is 2. The largest absolute Gasteiger partial charge is 0.363 e. The zero-order chi connectivity index (χ0) is 31.3. The average molecular weight is 592 g/mol. The molecule has 0 aromatic carbocycles. The molecule has 0 bridgehead atoms. The Morgan fingerprint density at radius 3 is 1.72 bits per heavy atom. The standard InChI is InChI=1S/C18H14ClN5O.C13H12N4O/c1-11-3-5-15(10-22-11)24-12(2)16(23-18(24)17(20)25)6-4-13-7-14(19)9-21-8-13;1-4-11-9(3)17(13(16-11)12(14)18)10-6-5-8(2)15-7-10/h3,5,7-10H,1-2H3,(H2,20,25);1,5-7H,2-3H3,(H2,14,18). The van der Waals surface area contributed by atoms with Gasteiger partial charge in [0.1, 0.15) is 11.4 Å². The van der Waals surface area contributed by atoms with E-state index in [2.05, 4.69) is 42.7 Å². The predicted molar refractivity (Wildman–Crippen MR) is 162 cm³/mol. The molecule has 0 radical (unpaired) electrons. The SMILES string of the molecule is C#Cc1nc(C(N)=O)n(-c2ccc(C)nc2)c1C.Cc1ccc(-n2c(C(N)=O)nc(C#Cc3cncc(Cl)c3)c2C)cn1. The summed E-state index contributed by atoms with van der Waals surface area (Å²) in [4.78, 5) is 43.9. The Hall–Kier alpha value is -5.78. The normalized spacial score (nSPS) is 10.1. The van der Waals surface area contributed by atoms with Gasteiger partial charge in [0.25, 0.3) is 11.8 Å². The Kier molecular flexibility index (Phi) is 8.99. The fourth-order valence-corrected chi connectivity index (χ4v) is 4.19. The molecule has 0 aliphatic heterocycles. The molecule has 214 valence electrons. The minimum absolute atomic E-state index is 0.108. The lowest BCUT2D eigenvalue weighted by molar-refractivity contribution is 0.0980. The number of amides is 2. The fourth-order valence-electron chi connectivity index (χ4n) is 4.02. The summed E-state index contributed by atoms with van der Waals surface area (Å²) in [5.41, 5.74) is 16.8. The molecule has 0 fully saturated rings. The van der Waals surface area contributed by atoms with Crippen LogP contribution in [0.1, 0.15) is 61.0 Å². The molecule has 5 aromatic heterocycles. The molecule has 0 aliphatic rings. The summed E-state index contributed by atoms with van der Waals surface area (Å²) >= 11 is 5.90. The van der Waals surface area contributed by atoms with Crippen LogP contribution in [0.25, 0.3) is 11.4 Å². The number of pyridine rings is 3. The van der Waals surface area contributed by atoms with E-state index in [0.717, 1.165) is 11.4 Å². The summed E-state index contributed by atoms with van der Waals surface area (Å²) in [7, 11) is 0. The molecule has 0 atom stereocenters. The fraction of sp³-hybridized carbons (Fsp3) is 0.129. The van der Waals surface area contributed by atoms with Gasteiger partial charge in [-0.2, -0.15) is 0 Å². The number of hydrogen-bond donors (Lipinski definition) is 2. The number of aryl methyl sites for hydroxylation is 2. The molecule has 0 saturated carbocycles. The Balaban J connectivity index is 0.000000208. The van der Waals surface area contributed by atoms with Gasteiger partial charge in [0.15, 0.2) is 0 Å². The molecule has 2 amide bonds. The van der Waals surface area contributed by atoms with Crippen molar-refractivity contribution >= 4 is 23.4 Å². The molecule has 0 saturated heterocycles. The number of carbonyl (C=O) groups is 2. The van der Waals surface area contributed by atoms with Crippen LogP contribution in [0.2, 0.25) is 5.02 Å². The van der Waals surface area contributed by atoms with Crippen LogP contribution in [-0.4, -0.2) is 45.9 Å². The molecule has 0 aliphatic carbocycles. The van der Waals surface area contributed by atoms with E-state index in [1.807, 2.05) is 45.0 Å². The minimum atomic E-state index is -0.638. The van der Waals surface area contributed by atoms with E-state index in [0.29, 0.717) is 44.7 Å². The van der Waals surface area contributed by atoms with Crippen molar-refractivity contribution in [3.8, 4) is 35.6 Å². The molecule has 5 heterocycles. The number of carbonyl (C=O) groups excluding carboxylic acids is 2. The van der Waals surface area contributed by atoms with Crippen LogP contribution < -0.4 is 11.5 Å². The Morgan fingerprint density at radius 2 is 1.28 bits per heavy atom. The topological polar surface area (TPSA) is 160 Å². The third kappa shape index (κ3) is 6.76. The van der Waals surface area contributed by atoms with Crippen LogP contribution in [0.3, 0.4) is 0 Å². The molecule has 5 aromatic rings. The van der Waals surface area contributed by atoms with E-state index in [-0.39, 0.29) is 11.6 Å². The van der Waals surface area contributed by atoms with Crippen LogP contribution in [0, 0.1) is 51.9 Å². The van der Waals surface area contributed by atoms with Gasteiger partial charge < -0.3 is 11.5 Å². The summed E-state index contributed by atoms with van der Waals surface area (Å²) < 4.78 is 3.26. The molecule has 12 heteroatoms. The van der Waals surface area contributed by atoms with Crippen LogP contribution in [0.5, 0.6) is 0 Å². The van der Waals surface area contributed by atoms with Crippen LogP contribution in [0.4, 0.5) is 0 Å². The minimum Gasteiger partial charge on any atom is -0.363 e. The second-order valence-corrected chi connectivity index (χ2v) is 9.68. The van der Waals surface area contributed by atoms with Crippen molar-refractivity contribution in [3.05, 3.63) is 112 Å². The molecule has 11 nitrogen and oxygen atoms in total. The molecule has 0 spiro atoms. The van der Waals surface area contributed by atoms with Crippen molar-refractivity contribution in [1.82, 2.24) is 34.1 Å². The Labute approximate surface area is 253 Å². The van der Waals surface area contributed by atoms with E-state index < -0.39 is 11.8 Å². The van der Waals surface area contributed by atoms with Gasteiger partial charge in [-0.25, -0.2) is 9.97 Å². The van der Waals surface area contributed by atoms with E-state index in [9.17, 15) is 9.59 Å². The van der Waals surface area contributed by atoms with E-state index >= 15 is 0 Å². The first-order chi connectivity index (χ1) is 20.5. The van der Waals surface area contributed by atoms with Crippen molar-refractivity contribution in [1.29, 1.82) is 0 Å². The lowest BCUT2D eigenvalue weighted by Gasteiger charge is -2.07. The zero-order valence-electron chi connectivity index (χ0n) is 23.8. The summed E-state index contributed by atoms with van der Waals surface area (Å²) in [5.74, 6) is 7.28. The molecule has 43 heavy (non-hydrogen) atoms. The maximum Gasteiger partial charge on any atom is 0.285 e. The lowest BCUT2D eigenvalue weighted by atomic mass is 10.2. The zero-order valence-corrected chi connectivity index (χ0v) is 24.5. The number of rotatable bonds is 4. The number of primary amides is 2. The van der Waals surface area contributed by atoms with Crippen molar-refractivity contribution in [2.45, 2.75) is 27.7 Å². The van der Waals surface area contributed by atoms with Crippen LogP contribution in [-0.2, 0) is 0 Å². The molecular weight excluding hydrogens is 566 g/mol. The smallest absolute Gasteiger partial charge is 0.285 e. The highest BCUT2D eigenvalue weighted by molar-refractivity contribution is 6.30. The number of aromatic nitrogens is 7. The summed E-state index contributed by atoms with van der Waals surface area (Å²) in [6, 6.07) is 9.08. The highest BCUT2D eigenvalue weighted by atomic mass is 35.5. The highest BCUT2D eigenvalue weighted by Gasteiger charge is 2.19. The first-order valence-corrected chi connectivity index (χ1v) is 13.1. The predicted octanol–water partition coefficient (Wildman–Crippen LogP) is 3.40. The molecule has 0 unspecified atom stereocenters. The first-order valence-electron chi connectivity index (χ1n) is 12.7. The number of hydrogen-bond acceptors (Lipinski definition) is 7. The second-order valence-electron chi connectivity index (χ2n) is 9.24. The molecule has 4 N–H and O–H groups in total. The highest BCUT2D eigenvalue weighted by Crippen LogP contribution is 2.19. The number of halogens is 1. The van der Waals surface area contributed by atoms with E-state index in [4.69, 9.17) is 29.5 Å². The third-order valence-corrected chi connectivity index (χ3v) is 6.34. The van der Waals surface area contributed by atoms with Crippen molar-refractivity contribution < 1.29 is 9.59 Å². The van der Waals surface area contributed by atoms with Crippen LogP contribution in [0.15, 0.2) is 55.1 Å². The van der Waals surface area contributed by atoms with Crippen LogP contribution >= 0.6 is 11.6 Å². The van der Waals surface area contributed by atoms with Crippen molar-refractivity contribution in [2.75, 3.05) is 0 Å². The maximum atomic E-state index is 11.8. The van der Waals surface area contributed by atoms with Gasteiger partial charge in [0, 0.05) is 29.3 Å². The monoisotopic (exact) mass is 591 g/mol. The number of terminal acetylenes is 1. The van der Waals surface area contributed by atoms with Gasteiger partial charge in [0.05, 0.1) is 40.2 Å². The van der Waals surface area contributed by atoms with Gasteiger partial charge in [-0.1, -0.05) is 17.5 Å². The van der Waals surface area contributed by atoms with Crippen molar-refractivity contribution in [3.63, 3.8) is 0 Å². The first kappa shape index (κ1) is 30.2. The third-order valence-electron chi connectivity index (χ3n) is 6.13. The lowest BCUT2D eigenvalue weighted by Crippen LogP contribution is -2.18. The second kappa shape index (κ2) is 12.8. The van der Waals surface area contributed by atoms with Gasteiger partial charge in [-0.15, -0.1) is 6.42 Å². The van der Waals surface area contributed by atoms with Gasteiger partial charge >= 0.3 is 0 Å². The summed E-state index contributed by atoms with van der Waals surface area (Å²) in [6.07, 6.45) is 11.8. The summed E-state index contributed by atoms with van der Waals surface area (Å²) in [6.45, 7) is 7.37. The molecule has 5 rings (SSSR count). The van der Waals surface area contributed by atoms with Crippen molar-refractivity contribution in [2.24, 2.45) is 11.5 Å². The quantitative estimate of drug-likeness (QED) is 0.303. The Morgan fingerprint density at radius 1 is 0.767 bits per heavy atom. The van der Waals surface area contributed by atoms with E-state index in [1.165, 1.54) is 6.20 Å². The summed E-state index contributed by atoms with van der Waals surface area (Å²) in [5, 5.41) is 0.498.